The smallest absolute Gasteiger partial charge is 0.272 e. The van der Waals surface area contributed by atoms with Crippen LogP contribution in [0.5, 0.6) is 5.75 Å². The second-order valence-electron chi connectivity index (χ2n) is 10.0. The predicted molar refractivity (Wildman–Crippen MR) is 143 cm³/mol. The summed E-state index contributed by atoms with van der Waals surface area (Å²) in [5.41, 5.74) is 1.97. The van der Waals surface area contributed by atoms with Crippen LogP contribution in [0.25, 0.3) is 16.4 Å². The molecule has 2 fully saturated rings. The van der Waals surface area contributed by atoms with Crippen LogP contribution in [-0.4, -0.2) is 75.9 Å². The highest BCUT2D eigenvalue weighted by atomic mass is 16.5. The van der Waals surface area contributed by atoms with Gasteiger partial charge in [-0.15, -0.1) is 0 Å². The molecule has 0 unspecified atom stereocenters. The number of hydrogen-bond acceptors (Lipinski definition) is 7. The third kappa shape index (κ3) is 5.14. The van der Waals surface area contributed by atoms with Crippen molar-refractivity contribution in [2.45, 2.75) is 37.6 Å². The van der Waals surface area contributed by atoms with Crippen molar-refractivity contribution in [3.05, 3.63) is 70.5 Å². The number of nitrogens with zero attached hydrogens (tertiary/aromatic N) is 4. The quantitative estimate of drug-likeness (QED) is 0.388. The summed E-state index contributed by atoms with van der Waals surface area (Å²) in [6, 6.07) is 11.4. The van der Waals surface area contributed by atoms with Crippen LogP contribution in [0, 0.1) is 0 Å². The molecule has 10 nitrogen and oxygen atoms in total. The number of carbonyl (C=O) groups excluding carboxylic acids is 1. The Bertz CT molecular complexity index is 1480. The summed E-state index contributed by atoms with van der Waals surface area (Å²) in [5.74, 6) is 0.863. The number of ether oxygens (including phenoxy) is 2. The summed E-state index contributed by atoms with van der Waals surface area (Å²) >= 11 is 0. The maximum absolute atomic E-state index is 13.1. The van der Waals surface area contributed by atoms with Crippen LogP contribution in [-0.2, 0) is 4.74 Å². The number of morpholine rings is 1. The number of fused-ring (bicyclic) bond motifs is 2. The van der Waals surface area contributed by atoms with E-state index >= 15 is 0 Å². The van der Waals surface area contributed by atoms with Crippen LogP contribution < -0.4 is 15.6 Å². The van der Waals surface area contributed by atoms with E-state index in [0.717, 1.165) is 75.4 Å². The van der Waals surface area contributed by atoms with Gasteiger partial charge in [-0.25, -0.2) is 10.1 Å². The molecule has 4 heterocycles. The van der Waals surface area contributed by atoms with Gasteiger partial charge in [-0.05, 0) is 37.8 Å². The van der Waals surface area contributed by atoms with Crippen LogP contribution in [0.2, 0.25) is 0 Å². The molecule has 3 aromatic heterocycles. The summed E-state index contributed by atoms with van der Waals surface area (Å²) in [7, 11) is 0. The molecule has 38 heavy (non-hydrogen) atoms. The van der Waals surface area contributed by atoms with Gasteiger partial charge >= 0.3 is 0 Å². The summed E-state index contributed by atoms with van der Waals surface area (Å²) < 4.78 is 13.1. The molecule has 1 saturated carbocycles. The number of amides is 1. The number of hydrogen-bond donors (Lipinski definition) is 2. The van der Waals surface area contributed by atoms with E-state index in [1.165, 1.54) is 0 Å². The minimum atomic E-state index is -0.162. The van der Waals surface area contributed by atoms with Gasteiger partial charge in [-0.1, -0.05) is 18.2 Å². The van der Waals surface area contributed by atoms with E-state index in [4.69, 9.17) is 9.47 Å². The average Bonchev–Trinajstić information content (AvgIpc) is 3.38. The lowest BCUT2D eigenvalue weighted by atomic mass is 9.82. The molecule has 1 amide bonds. The summed E-state index contributed by atoms with van der Waals surface area (Å²) in [6.07, 6.45) is 6.95. The van der Waals surface area contributed by atoms with Gasteiger partial charge in [-0.2, -0.15) is 5.10 Å². The Morgan fingerprint density at radius 2 is 1.89 bits per heavy atom. The zero-order chi connectivity index (χ0) is 25.9. The van der Waals surface area contributed by atoms with Gasteiger partial charge in [0.15, 0.2) is 0 Å². The van der Waals surface area contributed by atoms with Crippen LogP contribution in [0.1, 0.15) is 47.8 Å². The first kappa shape index (κ1) is 24.6. The van der Waals surface area contributed by atoms with Crippen molar-refractivity contribution in [3.8, 4) is 5.75 Å². The van der Waals surface area contributed by atoms with Crippen molar-refractivity contribution in [2.75, 3.05) is 39.5 Å². The fourth-order valence-electron chi connectivity index (χ4n) is 5.55. The molecule has 0 atom stereocenters. The molecule has 2 N–H and O–H groups in total. The van der Waals surface area contributed by atoms with Crippen LogP contribution >= 0.6 is 0 Å². The Kier molecular flexibility index (Phi) is 7.06. The van der Waals surface area contributed by atoms with E-state index < -0.39 is 0 Å². The topological polar surface area (TPSA) is 114 Å². The van der Waals surface area contributed by atoms with Crippen molar-refractivity contribution >= 4 is 22.3 Å². The third-order valence-electron chi connectivity index (χ3n) is 7.67. The minimum Gasteiger partial charge on any atom is -0.492 e. The first-order valence-corrected chi connectivity index (χ1v) is 13.3. The molecule has 6 rings (SSSR count). The normalized spacial score (nSPS) is 20.5. The molecule has 1 aromatic carbocycles. The highest BCUT2D eigenvalue weighted by Gasteiger charge is 2.27. The fourth-order valence-corrected chi connectivity index (χ4v) is 5.55. The summed E-state index contributed by atoms with van der Waals surface area (Å²) in [6.45, 7) is 4.86. The minimum absolute atomic E-state index is 0.0844. The molecule has 198 valence electrons. The number of H-pyrrole nitrogens is 1. The monoisotopic (exact) mass is 516 g/mol. The molecular weight excluding hydrogens is 484 g/mol. The molecular formula is C28H32N6O4. The standard InChI is InChI=1S/C28H32N6O4/c35-27-23-4-2-1-3-22(23)26(31-32-27)19-5-7-20(8-6-19)30-28(36)24-18-29-25-17-21(9-10-34(24)25)38-16-13-33-11-14-37-15-12-33/h1-4,9-10,17-20H,5-8,11-16H2,(H,30,36)(H,32,35). The fraction of sp³-hybridized carbons (Fsp3) is 0.429. The highest BCUT2D eigenvalue weighted by molar-refractivity contribution is 5.93. The lowest BCUT2D eigenvalue weighted by Crippen LogP contribution is -2.38. The number of imidazole rings is 1. The number of carbonyl (C=O) groups is 1. The van der Waals surface area contributed by atoms with Crippen LogP contribution in [0.4, 0.5) is 0 Å². The lowest BCUT2D eigenvalue weighted by Gasteiger charge is -2.29. The van der Waals surface area contributed by atoms with E-state index in [9.17, 15) is 9.59 Å². The average molecular weight is 517 g/mol. The third-order valence-corrected chi connectivity index (χ3v) is 7.67. The Hall–Kier alpha value is -3.76. The Morgan fingerprint density at radius 3 is 2.71 bits per heavy atom. The second kappa shape index (κ2) is 10.9. The Labute approximate surface area is 220 Å². The number of nitrogens with one attached hydrogen (secondary N) is 2. The molecule has 2 aliphatic rings. The highest BCUT2D eigenvalue weighted by Crippen LogP contribution is 2.34. The maximum Gasteiger partial charge on any atom is 0.272 e. The Morgan fingerprint density at radius 1 is 1.11 bits per heavy atom. The van der Waals surface area contributed by atoms with Crippen LogP contribution in [0.15, 0.2) is 53.6 Å². The van der Waals surface area contributed by atoms with Crippen LogP contribution in [0.3, 0.4) is 0 Å². The summed E-state index contributed by atoms with van der Waals surface area (Å²) in [4.78, 5) is 32.0. The number of aromatic amines is 1. The van der Waals surface area contributed by atoms with Gasteiger partial charge in [0.1, 0.15) is 23.7 Å². The van der Waals surface area contributed by atoms with Gasteiger partial charge in [0.05, 0.1) is 30.5 Å². The van der Waals surface area contributed by atoms with Gasteiger partial charge in [0.25, 0.3) is 11.5 Å². The zero-order valence-corrected chi connectivity index (χ0v) is 21.3. The SMILES string of the molecule is O=C(NC1CCC(c2n[nH]c(=O)c3ccccc23)CC1)c1cnc2cc(OCCN3CCOCC3)ccn12. The number of benzene rings is 1. The molecule has 10 heteroatoms. The molecule has 0 spiro atoms. The second-order valence-corrected chi connectivity index (χ2v) is 10.0. The maximum atomic E-state index is 13.1. The van der Waals surface area contributed by atoms with Crippen molar-refractivity contribution in [3.63, 3.8) is 0 Å². The summed E-state index contributed by atoms with van der Waals surface area (Å²) in [5, 5.41) is 11.8. The first-order valence-electron chi connectivity index (χ1n) is 13.3. The van der Waals surface area contributed by atoms with E-state index in [-0.39, 0.29) is 23.4 Å². The van der Waals surface area contributed by atoms with E-state index in [1.54, 1.807) is 10.6 Å². The van der Waals surface area contributed by atoms with Crippen molar-refractivity contribution in [2.24, 2.45) is 0 Å². The largest absolute Gasteiger partial charge is 0.492 e. The van der Waals surface area contributed by atoms with Gasteiger partial charge in [0.2, 0.25) is 0 Å². The number of rotatable bonds is 7. The van der Waals surface area contributed by atoms with Crippen molar-refractivity contribution in [1.82, 2.24) is 29.8 Å². The molecule has 4 aromatic rings. The molecule has 1 aliphatic heterocycles. The van der Waals surface area contributed by atoms with E-state index in [1.807, 2.05) is 42.6 Å². The van der Waals surface area contributed by atoms with Gasteiger partial charge < -0.3 is 14.8 Å². The molecule has 1 aliphatic carbocycles. The zero-order valence-electron chi connectivity index (χ0n) is 21.3. The van der Waals surface area contributed by atoms with Crippen molar-refractivity contribution < 1.29 is 14.3 Å². The number of aromatic nitrogens is 4. The molecule has 0 bridgehead atoms. The predicted octanol–water partition coefficient (Wildman–Crippen LogP) is 2.74. The molecule has 0 radical (unpaired) electrons. The van der Waals surface area contributed by atoms with Gasteiger partial charge in [0, 0.05) is 49.2 Å². The molecule has 1 saturated heterocycles. The van der Waals surface area contributed by atoms with E-state index in [2.05, 4.69) is 25.4 Å². The van der Waals surface area contributed by atoms with Gasteiger partial charge in [-0.3, -0.25) is 18.9 Å². The van der Waals surface area contributed by atoms with E-state index in [0.29, 0.717) is 23.3 Å². The lowest BCUT2D eigenvalue weighted by molar-refractivity contribution is 0.0322. The van der Waals surface area contributed by atoms with Crippen molar-refractivity contribution in [1.29, 1.82) is 0 Å². The first-order chi connectivity index (χ1) is 18.7. The Balaban J connectivity index is 1.05. The number of pyridine rings is 1.